The third-order valence-electron chi connectivity index (χ3n) is 6.65. The molecule has 0 nitrogen and oxygen atoms in total. The number of benzene rings is 3. The van der Waals surface area contributed by atoms with Crippen molar-refractivity contribution in [3.8, 4) is 11.1 Å². The van der Waals surface area contributed by atoms with Crippen LogP contribution in [-0.4, -0.2) is 0 Å². The Bertz CT molecular complexity index is 990. The molecule has 0 saturated carbocycles. The average Bonchev–Trinajstić information content (AvgIpc) is 3.21. The number of allylic oxidation sites excluding steroid dienone is 1. The van der Waals surface area contributed by atoms with Gasteiger partial charge in [-0.05, 0) is 0 Å². The van der Waals surface area contributed by atoms with Gasteiger partial charge in [-0.2, -0.15) is 0 Å². The molecule has 3 aromatic rings. The average molecular weight is 427 g/mol. The minimum Gasteiger partial charge on any atom is -1.00 e. The molecule has 3 heteroatoms. The second-order valence-corrected chi connectivity index (χ2v) is 15.1. The second kappa shape index (κ2) is 6.94. The molecule has 1 fully saturated rings. The van der Waals surface area contributed by atoms with Crippen molar-refractivity contribution in [2.45, 2.75) is 17.9 Å². The van der Waals surface area contributed by atoms with Gasteiger partial charge in [-0.15, -0.1) is 0 Å². The Morgan fingerprint density at radius 1 is 0.630 bits per heavy atom. The van der Waals surface area contributed by atoms with Crippen LogP contribution in [0, 0.1) is 0 Å². The summed E-state index contributed by atoms with van der Waals surface area (Å²) >= 11 is -2.05. The molecule has 1 heterocycles. The van der Waals surface area contributed by atoms with Gasteiger partial charge >= 0.3 is 153 Å². The summed E-state index contributed by atoms with van der Waals surface area (Å²) in [5.41, 5.74) is 9.31. The van der Waals surface area contributed by atoms with E-state index in [1.165, 1.54) is 26.1 Å². The third-order valence-corrected chi connectivity index (χ3v) is 14.7. The topological polar surface area (TPSA) is 0 Å². The van der Waals surface area contributed by atoms with Gasteiger partial charge in [0.25, 0.3) is 0 Å². The van der Waals surface area contributed by atoms with E-state index in [0.717, 1.165) is 4.22 Å². The fourth-order valence-electron chi connectivity index (χ4n) is 5.45. The van der Waals surface area contributed by atoms with E-state index < -0.39 is 16.6 Å². The smallest absolute Gasteiger partial charge is 1.00 e. The summed E-state index contributed by atoms with van der Waals surface area (Å²) in [6.45, 7) is 0. The van der Waals surface area contributed by atoms with Gasteiger partial charge in [0.15, 0.2) is 0 Å². The first-order valence-electron chi connectivity index (χ1n) is 9.34. The van der Waals surface area contributed by atoms with Crippen LogP contribution >= 0.6 is 0 Å². The van der Waals surface area contributed by atoms with E-state index in [9.17, 15) is 0 Å². The molecule has 0 bridgehead atoms. The zero-order chi connectivity index (χ0) is 16.4. The maximum Gasteiger partial charge on any atom is -1.00 e. The van der Waals surface area contributed by atoms with Crippen LogP contribution in [0.25, 0.3) is 17.2 Å². The van der Waals surface area contributed by atoms with E-state index in [-0.39, 0.29) is 24.8 Å². The molecule has 134 valence electrons. The number of hydrogen-bond acceptors (Lipinski definition) is 0. The van der Waals surface area contributed by atoms with Crippen molar-refractivity contribution in [3.63, 3.8) is 0 Å². The zero-order valence-electron chi connectivity index (χ0n) is 14.9. The Labute approximate surface area is 176 Å². The Hall–Kier alpha value is -1.31. The zero-order valence-corrected chi connectivity index (χ0v) is 18.0. The van der Waals surface area contributed by atoms with Gasteiger partial charge < -0.3 is 24.8 Å². The molecule has 2 aliphatic carbocycles. The van der Waals surface area contributed by atoms with E-state index in [4.69, 9.17) is 0 Å². The summed E-state index contributed by atoms with van der Waals surface area (Å²) in [5, 5.41) is 0. The van der Waals surface area contributed by atoms with E-state index in [1.807, 2.05) is 0 Å². The molecule has 3 aliphatic rings. The van der Waals surface area contributed by atoms with Gasteiger partial charge in [-0.3, -0.25) is 0 Å². The van der Waals surface area contributed by atoms with Crippen molar-refractivity contribution in [1.29, 1.82) is 0 Å². The largest absolute Gasteiger partial charge is 1.00 e. The molecule has 1 aliphatic heterocycles. The Balaban J connectivity index is 0.000000900. The maximum absolute atomic E-state index is 2.56. The number of halogens is 2. The fraction of sp³-hybridized carbons (Fsp3) is 0.167. The Kier molecular flexibility index (Phi) is 4.89. The van der Waals surface area contributed by atoms with Gasteiger partial charge in [-0.1, -0.05) is 0 Å². The molecule has 1 saturated heterocycles. The molecule has 6 rings (SSSR count). The van der Waals surface area contributed by atoms with Crippen molar-refractivity contribution < 1.29 is 41.4 Å². The predicted octanol–water partition coefficient (Wildman–Crippen LogP) is 0.537. The van der Waals surface area contributed by atoms with Crippen molar-refractivity contribution in [2.24, 2.45) is 0 Å². The molecule has 0 aromatic heterocycles. The van der Waals surface area contributed by atoms with Crippen LogP contribution in [-0.2, 0) is 16.6 Å². The molecule has 1 unspecified atom stereocenters. The quantitative estimate of drug-likeness (QED) is 0.524. The van der Waals surface area contributed by atoms with Crippen LogP contribution in [0.1, 0.15) is 30.7 Å². The van der Waals surface area contributed by atoms with Gasteiger partial charge in [0.05, 0.1) is 0 Å². The maximum atomic E-state index is 2.56. The summed E-state index contributed by atoms with van der Waals surface area (Å²) in [5.74, 6) is 0. The molecule has 0 amide bonds. The first kappa shape index (κ1) is 19.0. The summed E-state index contributed by atoms with van der Waals surface area (Å²) in [6, 6.07) is 27.5. The second-order valence-electron chi connectivity index (χ2n) is 7.81. The Morgan fingerprint density at radius 3 is 1.74 bits per heavy atom. The summed E-state index contributed by atoms with van der Waals surface area (Å²) in [7, 11) is 0. The van der Waals surface area contributed by atoms with Crippen LogP contribution in [0.3, 0.4) is 0 Å². The molecule has 0 spiro atoms. The van der Waals surface area contributed by atoms with Gasteiger partial charge in [-0.25, -0.2) is 0 Å². The minimum absolute atomic E-state index is 0. The van der Waals surface area contributed by atoms with Crippen molar-refractivity contribution in [1.82, 2.24) is 0 Å². The SMILES string of the molecule is C1=C[CH]([Ti+2]2([CH]3c4ccccc4-c4ccccc43)[CH2][CH2]2)c2ccccc21.[Cl-].[Cl-]. The van der Waals surface area contributed by atoms with Crippen molar-refractivity contribution in [3.05, 3.63) is 101 Å². The summed E-state index contributed by atoms with van der Waals surface area (Å²) < 4.78 is 4.47. The van der Waals surface area contributed by atoms with Crippen LogP contribution in [0.15, 0.2) is 78.9 Å². The van der Waals surface area contributed by atoms with Crippen molar-refractivity contribution in [2.75, 3.05) is 0 Å². The number of hydrogen-bond donors (Lipinski definition) is 0. The van der Waals surface area contributed by atoms with Crippen LogP contribution in [0.2, 0.25) is 9.45 Å². The first-order chi connectivity index (χ1) is 12.4. The van der Waals surface area contributed by atoms with E-state index in [0.29, 0.717) is 4.22 Å². The number of fused-ring (bicyclic) bond motifs is 4. The first-order valence-corrected chi connectivity index (χ1v) is 13.3. The molecule has 27 heavy (non-hydrogen) atoms. The number of rotatable bonds is 2. The van der Waals surface area contributed by atoms with Crippen LogP contribution in [0.5, 0.6) is 0 Å². The van der Waals surface area contributed by atoms with Gasteiger partial charge in [0.2, 0.25) is 0 Å². The summed E-state index contributed by atoms with van der Waals surface area (Å²) in [6.07, 6.45) is 4.94. The monoisotopic (exact) mass is 426 g/mol. The normalized spacial score (nSPS) is 18.9. The standard InChI is InChI=1S/C13H9.C9H7.C2H4.2ClH.Ti/c1-3-7-12-10(5-1)9-11-6-2-4-8-13(11)12;1-2-5-9-7-3-6-8(9)4-1;1-2;;;/h1-9H;1-7H;1-2H2;2*1H;/q;;;;;+2/p-2. The van der Waals surface area contributed by atoms with Gasteiger partial charge in [0, 0.05) is 0 Å². The molecular formula is C24H20Cl2Ti. The molecule has 0 radical (unpaired) electrons. The predicted molar refractivity (Wildman–Crippen MR) is 102 cm³/mol. The van der Waals surface area contributed by atoms with E-state index >= 15 is 0 Å². The van der Waals surface area contributed by atoms with E-state index in [2.05, 4.69) is 84.9 Å². The van der Waals surface area contributed by atoms with Crippen LogP contribution in [0.4, 0.5) is 0 Å². The molecule has 1 atom stereocenters. The Morgan fingerprint density at radius 2 is 1.15 bits per heavy atom. The fourth-order valence-corrected chi connectivity index (χ4v) is 15.0. The van der Waals surface area contributed by atoms with Crippen LogP contribution < -0.4 is 24.8 Å². The molecular weight excluding hydrogens is 407 g/mol. The summed E-state index contributed by atoms with van der Waals surface area (Å²) in [4.78, 5) is 0. The minimum atomic E-state index is -2.05. The van der Waals surface area contributed by atoms with Gasteiger partial charge in [0.1, 0.15) is 0 Å². The molecule has 0 N–H and O–H groups in total. The van der Waals surface area contributed by atoms with Crippen molar-refractivity contribution >= 4 is 6.08 Å². The van der Waals surface area contributed by atoms with E-state index in [1.54, 1.807) is 16.7 Å². The molecule has 3 aromatic carbocycles. The third kappa shape index (κ3) is 2.62.